The number of amides is 1. The molecule has 0 aromatic carbocycles. The van der Waals surface area contributed by atoms with Crippen LogP contribution in [0.15, 0.2) is 18.3 Å². The van der Waals surface area contributed by atoms with E-state index in [0.29, 0.717) is 28.7 Å². The molecule has 20 heavy (non-hydrogen) atoms. The van der Waals surface area contributed by atoms with Crippen molar-refractivity contribution in [2.24, 2.45) is 11.7 Å². The van der Waals surface area contributed by atoms with E-state index in [1.807, 2.05) is 11.8 Å². The lowest BCUT2D eigenvalue weighted by atomic mass is 10.0. The van der Waals surface area contributed by atoms with Gasteiger partial charge in [-0.15, -0.1) is 0 Å². The van der Waals surface area contributed by atoms with E-state index in [4.69, 9.17) is 18.0 Å². The Labute approximate surface area is 126 Å². The van der Waals surface area contributed by atoms with Gasteiger partial charge in [0.15, 0.2) is 0 Å². The summed E-state index contributed by atoms with van der Waals surface area (Å²) in [5.41, 5.74) is 6.65. The first-order chi connectivity index (χ1) is 9.53. The minimum absolute atomic E-state index is 0.0334. The summed E-state index contributed by atoms with van der Waals surface area (Å²) in [4.78, 5) is 18.7. The van der Waals surface area contributed by atoms with Gasteiger partial charge in [-0.1, -0.05) is 38.9 Å². The van der Waals surface area contributed by atoms with Gasteiger partial charge in [0.05, 0.1) is 0 Å². The van der Waals surface area contributed by atoms with Crippen molar-refractivity contribution in [3.8, 4) is 0 Å². The number of nitrogens with two attached hydrogens (primary N) is 1. The molecule has 0 spiro atoms. The summed E-state index contributed by atoms with van der Waals surface area (Å²) >= 11 is 4.88. The number of hydrogen-bond acceptors (Lipinski definition) is 3. The molecule has 2 N–H and O–H groups in total. The van der Waals surface area contributed by atoms with Crippen molar-refractivity contribution in [3.63, 3.8) is 0 Å². The van der Waals surface area contributed by atoms with Crippen LogP contribution in [-0.4, -0.2) is 33.9 Å². The second-order valence-electron chi connectivity index (χ2n) is 4.82. The van der Waals surface area contributed by atoms with E-state index in [2.05, 4.69) is 18.8 Å². The van der Waals surface area contributed by atoms with Crippen LogP contribution >= 0.6 is 12.2 Å². The highest BCUT2D eigenvalue weighted by Gasteiger charge is 2.18. The lowest BCUT2D eigenvalue weighted by molar-refractivity contribution is 0.0729. The van der Waals surface area contributed by atoms with E-state index in [9.17, 15) is 4.79 Å². The van der Waals surface area contributed by atoms with Gasteiger partial charge in [-0.05, 0) is 25.0 Å². The third-order valence-corrected chi connectivity index (χ3v) is 3.81. The maximum absolute atomic E-state index is 12.4. The first-order valence-corrected chi connectivity index (χ1v) is 7.49. The van der Waals surface area contributed by atoms with Crippen LogP contribution in [-0.2, 0) is 0 Å². The SMILES string of the molecule is CCC(CC)CN(CC)C(=O)c1ccc(C(N)=S)cn1. The third kappa shape index (κ3) is 4.27. The van der Waals surface area contributed by atoms with Crippen LogP contribution in [0.4, 0.5) is 0 Å². The van der Waals surface area contributed by atoms with Crippen molar-refractivity contribution < 1.29 is 4.79 Å². The Bertz CT molecular complexity index is 455. The van der Waals surface area contributed by atoms with Crippen LogP contribution in [0.2, 0.25) is 0 Å². The molecule has 0 aliphatic heterocycles. The highest BCUT2D eigenvalue weighted by molar-refractivity contribution is 7.80. The molecule has 1 rings (SSSR count). The van der Waals surface area contributed by atoms with Crippen LogP contribution in [0.1, 0.15) is 49.7 Å². The van der Waals surface area contributed by atoms with Crippen LogP contribution < -0.4 is 5.73 Å². The molecule has 0 aliphatic carbocycles. The fraction of sp³-hybridized carbons (Fsp3) is 0.533. The van der Waals surface area contributed by atoms with Crippen molar-refractivity contribution in [2.75, 3.05) is 13.1 Å². The van der Waals surface area contributed by atoms with Crippen molar-refractivity contribution in [2.45, 2.75) is 33.6 Å². The maximum Gasteiger partial charge on any atom is 0.272 e. The monoisotopic (exact) mass is 293 g/mol. The number of nitrogens with zero attached hydrogens (tertiary/aromatic N) is 2. The van der Waals surface area contributed by atoms with Gasteiger partial charge in [0, 0.05) is 24.8 Å². The average Bonchev–Trinajstić information content (AvgIpc) is 2.48. The van der Waals surface area contributed by atoms with E-state index in [1.54, 1.807) is 18.3 Å². The molecule has 0 atom stereocenters. The Morgan fingerprint density at radius 2 is 2.00 bits per heavy atom. The Hall–Kier alpha value is -1.49. The summed E-state index contributed by atoms with van der Waals surface area (Å²) in [7, 11) is 0. The van der Waals surface area contributed by atoms with Gasteiger partial charge < -0.3 is 10.6 Å². The zero-order valence-corrected chi connectivity index (χ0v) is 13.2. The van der Waals surface area contributed by atoms with E-state index >= 15 is 0 Å². The summed E-state index contributed by atoms with van der Waals surface area (Å²) < 4.78 is 0. The number of pyridine rings is 1. The predicted molar refractivity (Wildman–Crippen MR) is 85.8 cm³/mol. The van der Waals surface area contributed by atoms with E-state index in [0.717, 1.165) is 19.4 Å². The highest BCUT2D eigenvalue weighted by atomic mass is 32.1. The number of hydrogen-bond donors (Lipinski definition) is 1. The van der Waals surface area contributed by atoms with E-state index < -0.39 is 0 Å². The standard InChI is InChI=1S/C15H23N3OS/c1-4-11(5-2)10-18(6-3)15(19)13-8-7-12(9-17-13)14(16)20/h7-9,11H,4-6,10H2,1-3H3,(H2,16,20). The zero-order valence-electron chi connectivity index (χ0n) is 12.4. The third-order valence-electron chi connectivity index (χ3n) is 3.57. The summed E-state index contributed by atoms with van der Waals surface area (Å²) in [6.45, 7) is 7.77. The fourth-order valence-corrected chi connectivity index (χ4v) is 2.16. The zero-order chi connectivity index (χ0) is 15.1. The number of carbonyl (C=O) groups excluding carboxylic acids is 1. The molecule has 0 fully saturated rings. The largest absolute Gasteiger partial charge is 0.389 e. The lowest BCUT2D eigenvalue weighted by Crippen LogP contribution is -2.35. The molecule has 1 heterocycles. The van der Waals surface area contributed by atoms with Crippen molar-refractivity contribution in [1.82, 2.24) is 9.88 Å². The quantitative estimate of drug-likeness (QED) is 0.785. The molecular formula is C15H23N3OS. The molecule has 0 unspecified atom stereocenters. The van der Waals surface area contributed by atoms with Gasteiger partial charge >= 0.3 is 0 Å². The van der Waals surface area contributed by atoms with Gasteiger partial charge in [0.2, 0.25) is 0 Å². The number of carbonyl (C=O) groups is 1. The molecule has 0 saturated heterocycles. The van der Waals surface area contributed by atoms with Crippen molar-refractivity contribution in [3.05, 3.63) is 29.6 Å². The van der Waals surface area contributed by atoms with Crippen LogP contribution in [0.5, 0.6) is 0 Å². The lowest BCUT2D eigenvalue weighted by Gasteiger charge is -2.25. The van der Waals surface area contributed by atoms with E-state index in [1.165, 1.54) is 0 Å². The molecule has 0 aliphatic rings. The smallest absolute Gasteiger partial charge is 0.272 e. The Morgan fingerprint density at radius 3 is 2.40 bits per heavy atom. The molecular weight excluding hydrogens is 270 g/mol. The fourth-order valence-electron chi connectivity index (χ4n) is 2.04. The minimum atomic E-state index is -0.0334. The maximum atomic E-state index is 12.4. The molecule has 1 amide bonds. The Kier molecular flexibility index (Phi) is 6.58. The minimum Gasteiger partial charge on any atom is -0.389 e. The van der Waals surface area contributed by atoms with Gasteiger partial charge in [0.25, 0.3) is 5.91 Å². The molecule has 0 bridgehead atoms. The molecule has 5 heteroatoms. The number of rotatable bonds is 7. The van der Waals surface area contributed by atoms with Crippen molar-refractivity contribution in [1.29, 1.82) is 0 Å². The normalized spacial score (nSPS) is 10.6. The second-order valence-corrected chi connectivity index (χ2v) is 5.26. The second kappa shape index (κ2) is 7.94. The summed E-state index contributed by atoms with van der Waals surface area (Å²) in [5.74, 6) is 0.503. The topological polar surface area (TPSA) is 59.2 Å². The van der Waals surface area contributed by atoms with Gasteiger partial charge in [-0.25, -0.2) is 0 Å². The van der Waals surface area contributed by atoms with Gasteiger partial charge in [-0.3, -0.25) is 9.78 Å². The van der Waals surface area contributed by atoms with Crippen molar-refractivity contribution >= 4 is 23.1 Å². The number of aromatic nitrogens is 1. The van der Waals surface area contributed by atoms with E-state index in [-0.39, 0.29) is 5.91 Å². The van der Waals surface area contributed by atoms with Gasteiger partial charge in [-0.2, -0.15) is 0 Å². The summed E-state index contributed by atoms with van der Waals surface area (Å²) in [5, 5.41) is 0. The molecule has 0 radical (unpaired) electrons. The molecule has 4 nitrogen and oxygen atoms in total. The van der Waals surface area contributed by atoms with Crippen LogP contribution in [0.25, 0.3) is 0 Å². The highest BCUT2D eigenvalue weighted by Crippen LogP contribution is 2.12. The first kappa shape index (κ1) is 16.6. The first-order valence-electron chi connectivity index (χ1n) is 7.08. The molecule has 110 valence electrons. The predicted octanol–water partition coefficient (Wildman–Crippen LogP) is 2.61. The van der Waals surface area contributed by atoms with Gasteiger partial charge in [0.1, 0.15) is 10.7 Å². The van der Waals surface area contributed by atoms with Crippen LogP contribution in [0.3, 0.4) is 0 Å². The molecule has 1 aromatic heterocycles. The number of thiocarbonyl (C=S) groups is 1. The van der Waals surface area contributed by atoms with Crippen LogP contribution in [0, 0.1) is 5.92 Å². The average molecular weight is 293 g/mol. The Morgan fingerprint density at radius 1 is 1.35 bits per heavy atom. The summed E-state index contributed by atoms with van der Waals surface area (Å²) in [6, 6.07) is 3.43. The molecule has 0 saturated carbocycles. The molecule has 1 aromatic rings. The Balaban J connectivity index is 2.82. The summed E-state index contributed by atoms with van der Waals surface area (Å²) in [6.07, 6.45) is 3.71.